The normalized spacial score (nSPS) is 16.3. The van der Waals surface area contributed by atoms with E-state index < -0.39 is 0 Å². The summed E-state index contributed by atoms with van der Waals surface area (Å²) in [4.78, 5) is 4.69. The van der Waals surface area contributed by atoms with Gasteiger partial charge in [0.25, 0.3) is 0 Å². The number of likely N-dealkylation sites (N-methyl/N-ethyl adjacent to an activating group) is 1. The number of benzene rings is 1. The van der Waals surface area contributed by atoms with Gasteiger partial charge in [0.15, 0.2) is 0 Å². The summed E-state index contributed by atoms with van der Waals surface area (Å²) in [6.07, 6.45) is 7.99. The smallest absolute Gasteiger partial charge is 0.140 e. The van der Waals surface area contributed by atoms with Crippen LogP contribution in [0, 0.1) is 6.92 Å². The highest BCUT2D eigenvalue weighted by Crippen LogP contribution is 2.26. The first kappa shape index (κ1) is 26.0. The fourth-order valence-corrected chi connectivity index (χ4v) is 4.18. The zero-order valence-electron chi connectivity index (χ0n) is 21.1. The molecule has 0 unspecified atom stereocenters. The predicted octanol–water partition coefficient (Wildman–Crippen LogP) is 3.31. The average Bonchev–Trinajstić information content (AvgIpc) is 2.84. The monoisotopic (exact) mass is 477 g/mol. The largest absolute Gasteiger partial charge is 0.489 e. The highest BCUT2D eigenvalue weighted by molar-refractivity contribution is 5.76. The van der Waals surface area contributed by atoms with Gasteiger partial charge in [-0.3, -0.25) is 0 Å². The van der Waals surface area contributed by atoms with E-state index in [-0.39, 0.29) is 6.10 Å². The molecule has 8 heteroatoms. The Morgan fingerprint density at radius 3 is 2.37 bits per heavy atom. The SMILES string of the molecule is C/C(N)=C(/C=C(\N)NC/C(=C(/N)c1ccc(OC2CCCCC2)c(C)n1)N(C)N)c1ccccc1. The molecule has 0 radical (unpaired) electrons. The first-order chi connectivity index (χ1) is 16.8. The highest BCUT2D eigenvalue weighted by atomic mass is 16.5. The molecule has 0 aliphatic heterocycles. The van der Waals surface area contributed by atoms with Gasteiger partial charge in [0.2, 0.25) is 0 Å². The van der Waals surface area contributed by atoms with Crippen molar-refractivity contribution in [3.8, 4) is 5.75 Å². The maximum atomic E-state index is 6.50. The van der Waals surface area contributed by atoms with Gasteiger partial charge in [-0.2, -0.15) is 0 Å². The van der Waals surface area contributed by atoms with Crippen LogP contribution in [0.3, 0.4) is 0 Å². The summed E-state index contributed by atoms with van der Waals surface area (Å²) >= 11 is 0. The maximum absolute atomic E-state index is 6.50. The van der Waals surface area contributed by atoms with Crippen molar-refractivity contribution in [3.05, 3.63) is 82.7 Å². The number of rotatable bonds is 9. The summed E-state index contributed by atoms with van der Waals surface area (Å²) < 4.78 is 6.20. The van der Waals surface area contributed by atoms with Crippen LogP contribution < -0.4 is 33.1 Å². The number of pyridine rings is 1. The summed E-state index contributed by atoms with van der Waals surface area (Å²) in [6, 6.07) is 13.7. The van der Waals surface area contributed by atoms with E-state index in [1.807, 2.05) is 62.4 Å². The third kappa shape index (κ3) is 7.16. The summed E-state index contributed by atoms with van der Waals surface area (Å²) in [5.41, 5.74) is 23.9. The molecule has 1 heterocycles. The number of hydrogen-bond donors (Lipinski definition) is 5. The summed E-state index contributed by atoms with van der Waals surface area (Å²) in [7, 11) is 1.73. The maximum Gasteiger partial charge on any atom is 0.140 e. The van der Waals surface area contributed by atoms with E-state index in [4.69, 9.17) is 32.8 Å². The molecule has 0 amide bonds. The van der Waals surface area contributed by atoms with Gasteiger partial charge < -0.3 is 32.3 Å². The van der Waals surface area contributed by atoms with E-state index in [0.717, 1.165) is 35.4 Å². The molecule has 9 N–H and O–H groups in total. The van der Waals surface area contributed by atoms with Crippen molar-refractivity contribution < 1.29 is 4.74 Å². The summed E-state index contributed by atoms with van der Waals surface area (Å²) in [6.45, 7) is 4.10. The molecule has 1 aliphatic carbocycles. The van der Waals surface area contributed by atoms with Gasteiger partial charge in [-0.15, -0.1) is 0 Å². The molecule has 0 saturated heterocycles. The quantitative estimate of drug-likeness (QED) is 0.210. The van der Waals surface area contributed by atoms with E-state index in [1.54, 1.807) is 7.05 Å². The zero-order chi connectivity index (χ0) is 25.4. The molecule has 2 aromatic rings. The molecule has 0 spiro atoms. The van der Waals surface area contributed by atoms with Gasteiger partial charge in [0, 0.05) is 18.3 Å². The second kappa shape index (κ2) is 12.2. The standard InChI is InChI=1S/C27H39N7O/c1-18(28)22(20-10-6-4-7-11-20)16-26(29)32-17-24(34(3)31)27(30)23-14-15-25(19(2)33-23)35-21-12-8-5-9-13-21/h4,6-7,10-11,14-16,21,32H,5,8-9,12-13,17,28-31H2,1-3H3/b22-18+,26-16+,27-24-. The molecule has 0 atom stereocenters. The lowest BCUT2D eigenvalue weighted by molar-refractivity contribution is 0.153. The van der Waals surface area contributed by atoms with Gasteiger partial charge in [0.05, 0.1) is 41.3 Å². The van der Waals surface area contributed by atoms with Crippen LogP contribution in [-0.4, -0.2) is 29.7 Å². The van der Waals surface area contributed by atoms with Crippen molar-refractivity contribution in [1.82, 2.24) is 15.3 Å². The minimum Gasteiger partial charge on any atom is -0.489 e. The number of nitrogens with two attached hydrogens (primary N) is 4. The Morgan fingerprint density at radius 1 is 1.09 bits per heavy atom. The molecule has 35 heavy (non-hydrogen) atoms. The first-order valence-corrected chi connectivity index (χ1v) is 12.1. The Balaban J connectivity index is 1.76. The van der Waals surface area contributed by atoms with Gasteiger partial charge >= 0.3 is 0 Å². The number of ether oxygens (including phenoxy) is 1. The van der Waals surface area contributed by atoms with Crippen LogP contribution in [-0.2, 0) is 0 Å². The van der Waals surface area contributed by atoms with Crippen LogP contribution in [0.25, 0.3) is 11.3 Å². The van der Waals surface area contributed by atoms with Gasteiger partial charge in [-0.05, 0) is 63.3 Å². The number of aryl methyl sites for hydroxylation is 1. The number of aromatic nitrogens is 1. The minimum atomic E-state index is 0.264. The topological polar surface area (TPSA) is 141 Å². The average molecular weight is 478 g/mol. The zero-order valence-corrected chi connectivity index (χ0v) is 21.1. The predicted molar refractivity (Wildman–Crippen MR) is 143 cm³/mol. The van der Waals surface area contributed by atoms with Crippen LogP contribution in [0.2, 0.25) is 0 Å². The lowest BCUT2D eigenvalue weighted by Gasteiger charge is -2.24. The third-order valence-electron chi connectivity index (χ3n) is 6.17. The van der Waals surface area contributed by atoms with Crippen molar-refractivity contribution >= 4 is 11.3 Å². The summed E-state index contributed by atoms with van der Waals surface area (Å²) in [5, 5.41) is 4.66. The van der Waals surface area contributed by atoms with Crippen molar-refractivity contribution in [3.63, 3.8) is 0 Å². The van der Waals surface area contributed by atoms with Gasteiger partial charge in [-0.25, -0.2) is 10.8 Å². The molecule has 188 valence electrons. The number of nitrogens with zero attached hydrogens (tertiary/aromatic N) is 2. The van der Waals surface area contributed by atoms with E-state index >= 15 is 0 Å². The van der Waals surface area contributed by atoms with Crippen LogP contribution in [0.1, 0.15) is 56.0 Å². The minimum absolute atomic E-state index is 0.264. The van der Waals surface area contributed by atoms with Crippen molar-refractivity contribution in [2.75, 3.05) is 13.6 Å². The fourth-order valence-electron chi connectivity index (χ4n) is 4.18. The Morgan fingerprint density at radius 2 is 1.77 bits per heavy atom. The van der Waals surface area contributed by atoms with E-state index in [1.165, 1.54) is 24.3 Å². The molecule has 0 bridgehead atoms. The van der Waals surface area contributed by atoms with Crippen LogP contribution in [0.15, 0.2) is 65.8 Å². The fraction of sp³-hybridized carbons (Fsp3) is 0.370. The Kier molecular flexibility index (Phi) is 9.03. The molecule has 1 fully saturated rings. The molecule has 1 aromatic carbocycles. The highest BCUT2D eigenvalue weighted by Gasteiger charge is 2.17. The van der Waals surface area contributed by atoms with Crippen LogP contribution >= 0.6 is 0 Å². The number of hydrazine groups is 1. The van der Waals surface area contributed by atoms with Crippen molar-refractivity contribution in [1.29, 1.82) is 0 Å². The molecular weight excluding hydrogens is 438 g/mol. The van der Waals surface area contributed by atoms with Crippen LogP contribution in [0.4, 0.5) is 0 Å². The molecular formula is C27H39N7O. The molecule has 1 aliphatic rings. The molecule has 3 rings (SSSR count). The number of allylic oxidation sites excluding steroid dienone is 3. The molecule has 1 saturated carbocycles. The molecule has 1 aromatic heterocycles. The Bertz CT molecular complexity index is 1080. The summed E-state index contributed by atoms with van der Waals surface area (Å²) in [5.74, 6) is 7.36. The van der Waals surface area contributed by atoms with E-state index in [2.05, 4.69) is 5.32 Å². The number of nitrogens with one attached hydrogen (secondary N) is 1. The van der Waals surface area contributed by atoms with Crippen molar-refractivity contribution in [2.45, 2.75) is 52.1 Å². The third-order valence-corrected chi connectivity index (χ3v) is 6.17. The first-order valence-electron chi connectivity index (χ1n) is 12.1. The lowest BCUT2D eigenvalue weighted by atomic mass is 9.98. The lowest BCUT2D eigenvalue weighted by Crippen LogP contribution is -2.35. The van der Waals surface area contributed by atoms with E-state index in [9.17, 15) is 0 Å². The second-order valence-electron chi connectivity index (χ2n) is 9.05. The van der Waals surface area contributed by atoms with Gasteiger partial charge in [-0.1, -0.05) is 36.8 Å². The van der Waals surface area contributed by atoms with Crippen molar-refractivity contribution in [2.24, 2.45) is 23.0 Å². The van der Waals surface area contributed by atoms with Crippen LogP contribution in [0.5, 0.6) is 5.75 Å². The number of hydrogen-bond acceptors (Lipinski definition) is 8. The Labute approximate surface area is 208 Å². The second-order valence-corrected chi connectivity index (χ2v) is 9.05. The Hall–Kier alpha value is -3.65. The molecule has 8 nitrogen and oxygen atoms in total. The van der Waals surface area contributed by atoms with E-state index in [0.29, 0.717) is 35.2 Å². The van der Waals surface area contributed by atoms with Gasteiger partial charge in [0.1, 0.15) is 5.75 Å².